The number of amides is 2. The van der Waals surface area contributed by atoms with Gasteiger partial charge in [-0.15, -0.1) is 0 Å². The molecule has 6 nitrogen and oxygen atoms in total. The summed E-state index contributed by atoms with van der Waals surface area (Å²) in [5.74, 6) is 0.195. The van der Waals surface area contributed by atoms with Crippen molar-refractivity contribution < 1.29 is 9.59 Å². The first-order valence-electron chi connectivity index (χ1n) is 7.37. The lowest BCUT2D eigenvalue weighted by molar-refractivity contribution is -0.162. The number of hydrogen-bond acceptors (Lipinski definition) is 3. The molecule has 1 atom stereocenters. The minimum absolute atomic E-state index is 0.0125. The van der Waals surface area contributed by atoms with Gasteiger partial charge in [0.1, 0.15) is 11.1 Å². The molecule has 1 aromatic rings. The van der Waals surface area contributed by atoms with Crippen molar-refractivity contribution in [1.82, 2.24) is 20.0 Å². The molecule has 6 heteroatoms. The van der Waals surface area contributed by atoms with Crippen LogP contribution < -0.4 is 5.32 Å². The molecule has 0 radical (unpaired) electrons. The lowest BCUT2D eigenvalue weighted by atomic mass is 9.85. The SMILES string of the molecule is Cn1cc(CN2C(=O)C(C)(C3CC3)NC(=O)C2(C)C)cn1. The lowest BCUT2D eigenvalue weighted by Gasteiger charge is -2.49. The van der Waals surface area contributed by atoms with Crippen LogP contribution in [0, 0.1) is 5.92 Å². The summed E-state index contributed by atoms with van der Waals surface area (Å²) in [7, 11) is 1.84. The van der Waals surface area contributed by atoms with Gasteiger partial charge in [-0.1, -0.05) is 0 Å². The highest BCUT2D eigenvalue weighted by atomic mass is 16.2. The van der Waals surface area contributed by atoms with E-state index in [-0.39, 0.29) is 17.7 Å². The van der Waals surface area contributed by atoms with Crippen LogP contribution in [0.4, 0.5) is 0 Å². The summed E-state index contributed by atoms with van der Waals surface area (Å²) in [6.07, 6.45) is 5.63. The Morgan fingerprint density at radius 3 is 2.52 bits per heavy atom. The van der Waals surface area contributed by atoms with Crippen LogP contribution in [-0.4, -0.2) is 37.6 Å². The van der Waals surface area contributed by atoms with Crippen LogP contribution in [0.2, 0.25) is 0 Å². The Morgan fingerprint density at radius 2 is 2.00 bits per heavy atom. The van der Waals surface area contributed by atoms with Crippen molar-refractivity contribution in [2.24, 2.45) is 13.0 Å². The minimum atomic E-state index is -0.846. The number of carbonyl (C=O) groups excluding carboxylic acids is 2. The molecule has 1 unspecified atom stereocenters. The summed E-state index contributed by atoms with van der Waals surface area (Å²) in [4.78, 5) is 27.2. The molecule has 1 N–H and O–H groups in total. The maximum atomic E-state index is 13.0. The van der Waals surface area contributed by atoms with Gasteiger partial charge in [0, 0.05) is 25.4 Å². The summed E-state index contributed by atoms with van der Waals surface area (Å²) >= 11 is 0. The third kappa shape index (κ3) is 2.13. The molecule has 0 spiro atoms. The number of aryl methyl sites for hydroxylation is 1. The summed E-state index contributed by atoms with van der Waals surface area (Å²) in [6.45, 7) is 5.86. The van der Waals surface area contributed by atoms with Crippen LogP contribution >= 0.6 is 0 Å². The van der Waals surface area contributed by atoms with E-state index in [1.54, 1.807) is 29.6 Å². The summed E-state index contributed by atoms with van der Waals surface area (Å²) in [5, 5.41) is 7.10. The molecule has 1 aliphatic heterocycles. The Hall–Kier alpha value is -1.85. The van der Waals surface area contributed by atoms with Gasteiger partial charge in [0.25, 0.3) is 0 Å². The Labute approximate surface area is 124 Å². The second-order valence-corrected chi connectivity index (χ2v) is 6.90. The fraction of sp³-hybridized carbons (Fsp3) is 0.667. The van der Waals surface area contributed by atoms with Gasteiger partial charge < -0.3 is 10.2 Å². The van der Waals surface area contributed by atoms with E-state index in [4.69, 9.17) is 0 Å². The standard InChI is InChI=1S/C15H22N4O2/c1-14(2)12(20)17-15(3,11-5-6-11)13(21)19(14)9-10-7-16-18(4)8-10/h7-8,11H,5-6,9H2,1-4H3,(H,17,20). The number of aromatic nitrogens is 2. The predicted molar refractivity (Wildman–Crippen MR) is 77.1 cm³/mol. The molecule has 0 aromatic carbocycles. The lowest BCUT2D eigenvalue weighted by Crippen LogP contribution is -2.73. The molecular formula is C15H22N4O2. The maximum Gasteiger partial charge on any atom is 0.249 e. The molecule has 114 valence electrons. The normalized spacial score (nSPS) is 28.7. The number of rotatable bonds is 3. The van der Waals surface area contributed by atoms with Crippen molar-refractivity contribution in [2.45, 2.75) is 51.2 Å². The van der Waals surface area contributed by atoms with E-state index < -0.39 is 11.1 Å². The number of piperazine rings is 1. The molecule has 1 aliphatic carbocycles. The highest BCUT2D eigenvalue weighted by Crippen LogP contribution is 2.43. The first-order valence-corrected chi connectivity index (χ1v) is 7.37. The zero-order valence-corrected chi connectivity index (χ0v) is 13.0. The fourth-order valence-corrected chi connectivity index (χ4v) is 3.04. The van der Waals surface area contributed by atoms with E-state index in [0.29, 0.717) is 6.54 Å². The topological polar surface area (TPSA) is 67.2 Å². The summed E-state index contributed by atoms with van der Waals surface area (Å²) in [5.41, 5.74) is -0.664. The van der Waals surface area contributed by atoms with Crippen LogP contribution in [0.5, 0.6) is 0 Å². The Morgan fingerprint density at radius 1 is 1.33 bits per heavy atom. The predicted octanol–water partition coefficient (Wildman–Crippen LogP) is 0.826. The van der Waals surface area contributed by atoms with E-state index in [2.05, 4.69) is 10.4 Å². The molecule has 2 amide bonds. The Bertz CT molecular complexity index is 603. The molecule has 1 saturated carbocycles. The monoisotopic (exact) mass is 290 g/mol. The van der Waals surface area contributed by atoms with Gasteiger partial charge in [-0.3, -0.25) is 14.3 Å². The van der Waals surface area contributed by atoms with Gasteiger partial charge in [-0.2, -0.15) is 5.10 Å². The van der Waals surface area contributed by atoms with E-state index in [9.17, 15) is 9.59 Å². The minimum Gasteiger partial charge on any atom is -0.340 e. The third-order valence-electron chi connectivity index (χ3n) is 4.79. The summed E-state index contributed by atoms with van der Waals surface area (Å²) < 4.78 is 1.71. The molecular weight excluding hydrogens is 268 g/mol. The van der Waals surface area contributed by atoms with Crippen molar-refractivity contribution >= 4 is 11.8 Å². The van der Waals surface area contributed by atoms with Gasteiger partial charge in [0.15, 0.2) is 0 Å². The van der Waals surface area contributed by atoms with E-state index in [1.807, 2.05) is 20.2 Å². The van der Waals surface area contributed by atoms with E-state index in [0.717, 1.165) is 18.4 Å². The number of hydrogen-bond donors (Lipinski definition) is 1. The van der Waals surface area contributed by atoms with Gasteiger partial charge in [0.2, 0.25) is 11.8 Å². The van der Waals surface area contributed by atoms with Crippen molar-refractivity contribution in [3.63, 3.8) is 0 Å². The van der Waals surface area contributed by atoms with Crippen molar-refractivity contribution in [1.29, 1.82) is 0 Å². The van der Waals surface area contributed by atoms with Gasteiger partial charge >= 0.3 is 0 Å². The van der Waals surface area contributed by atoms with E-state index in [1.165, 1.54) is 0 Å². The van der Waals surface area contributed by atoms with Gasteiger partial charge in [0.05, 0.1) is 6.20 Å². The zero-order chi connectivity index (χ0) is 15.4. The van der Waals surface area contributed by atoms with Crippen molar-refractivity contribution in [3.05, 3.63) is 18.0 Å². The maximum absolute atomic E-state index is 13.0. The molecule has 3 rings (SSSR count). The van der Waals surface area contributed by atoms with Gasteiger partial charge in [-0.05, 0) is 39.5 Å². The molecule has 2 fully saturated rings. The molecule has 1 aromatic heterocycles. The van der Waals surface area contributed by atoms with Crippen LogP contribution in [0.25, 0.3) is 0 Å². The molecule has 1 saturated heterocycles. The number of nitrogens with zero attached hydrogens (tertiary/aromatic N) is 3. The van der Waals surface area contributed by atoms with Crippen LogP contribution in [0.1, 0.15) is 39.2 Å². The van der Waals surface area contributed by atoms with Gasteiger partial charge in [-0.25, -0.2) is 0 Å². The molecule has 21 heavy (non-hydrogen) atoms. The number of carbonyl (C=O) groups is 2. The Balaban J connectivity index is 1.93. The third-order valence-corrected chi connectivity index (χ3v) is 4.79. The van der Waals surface area contributed by atoms with Crippen molar-refractivity contribution in [3.8, 4) is 0 Å². The number of nitrogens with one attached hydrogen (secondary N) is 1. The second-order valence-electron chi connectivity index (χ2n) is 6.90. The van der Waals surface area contributed by atoms with Crippen LogP contribution in [0.3, 0.4) is 0 Å². The molecule has 0 bridgehead atoms. The average molecular weight is 290 g/mol. The van der Waals surface area contributed by atoms with Crippen LogP contribution in [0.15, 0.2) is 12.4 Å². The fourth-order valence-electron chi connectivity index (χ4n) is 3.04. The quantitative estimate of drug-likeness (QED) is 0.896. The summed E-state index contributed by atoms with van der Waals surface area (Å²) in [6, 6.07) is 0. The largest absolute Gasteiger partial charge is 0.340 e. The van der Waals surface area contributed by atoms with E-state index >= 15 is 0 Å². The smallest absolute Gasteiger partial charge is 0.249 e. The first-order chi connectivity index (χ1) is 9.75. The van der Waals surface area contributed by atoms with Crippen LogP contribution in [-0.2, 0) is 23.2 Å². The molecule has 2 aliphatic rings. The average Bonchev–Trinajstić information content (AvgIpc) is 3.18. The highest BCUT2D eigenvalue weighted by molar-refractivity contribution is 6.02. The Kier molecular flexibility index (Phi) is 2.90. The molecule has 2 heterocycles. The second kappa shape index (κ2) is 4.32. The highest BCUT2D eigenvalue weighted by Gasteiger charge is 2.57. The zero-order valence-electron chi connectivity index (χ0n) is 13.0. The van der Waals surface area contributed by atoms with Crippen molar-refractivity contribution in [2.75, 3.05) is 0 Å². The first kappa shape index (κ1) is 14.1.